The van der Waals surface area contributed by atoms with Gasteiger partial charge >= 0.3 is 5.97 Å². The number of amides is 2. The minimum absolute atomic E-state index is 0.137. The molecule has 2 aromatic carbocycles. The Morgan fingerprint density at radius 2 is 1.22 bits per heavy atom. The molecule has 0 saturated carbocycles. The second-order valence-corrected chi connectivity index (χ2v) is 5.73. The number of carbonyl (C=O) groups is 3. The molecule has 0 N–H and O–H groups in total. The van der Waals surface area contributed by atoms with E-state index in [1.165, 1.54) is 27.0 Å². The summed E-state index contributed by atoms with van der Waals surface area (Å²) in [6.45, 7) is 2.44. The number of nitrogens with zero attached hydrogens (tertiary/aromatic N) is 1. The van der Waals surface area contributed by atoms with Crippen molar-refractivity contribution in [2.75, 3.05) is 7.11 Å². The summed E-state index contributed by atoms with van der Waals surface area (Å²) in [7, 11) is 1.20. The maximum absolute atomic E-state index is 12.2. The van der Waals surface area contributed by atoms with Crippen molar-refractivity contribution in [3.05, 3.63) is 89.6 Å². The van der Waals surface area contributed by atoms with Crippen LogP contribution in [0.25, 0.3) is 5.57 Å². The molecule has 0 radical (unpaired) electrons. The van der Waals surface area contributed by atoms with Crippen molar-refractivity contribution in [1.29, 1.82) is 0 Å². The van der Waals surface area contributed by atoms with Gasteiger partial charge in [-0.15, -0.1) is 0 Å². The number of esters is 1. The molecule has 0 fully saturated rings. The third kappa shape index (κ3) is 5.01. The van der Waals surface area contributed by atoms with Gasteiger partial charge in [0.2, 0.25) is 11.8 Å². The number of hydrogen-bond donors (Lipinski definition) is 0. The number of allylic oxidation sites excluding steroid dienone is 2. The Bertz CT molecular complexity index is 828. The first-order valence-corrected chi connectivity index (χ1v) is 8.38. The van der Waals surface area contributed by atoms with Crippen molar-refractivity contribution < 1.29 is 19.1 Å². The van der Waals surface area contributed by atoms with Crippen molar-refractivity contribution in [3.8, 4) is 0 Å². The van der Waals surface area contributed by atoms with Crippen molar-refractivity contribution >= 4 is 23.4 Å². The summed E-state index contributed by atoms with van der Waals surface area (Å²) in [5.74, 6) is -1.89. The van der Waals surface area contributed by atoms with Gasteiger partial charge in [0, 0.05) is 13.8 Å². The number of methoxy groups -OCH3 is 1. The standard InChI is InChI=1S/C22H21NO4/c1-16(24)23(17(2)25)21(22(26)27-3)15-14-20(18-10-6-4-7-11-18)19-12-8-5-9-13-19/h4-15H,1-3H3/b21-15-. The molecule has 2 rings (SSSR count). The average Bonchev–Trinajstić information content (AvgIpc) is 2.67. The minimum atomic E-state index is -0.767. The molecule has 0 saturated heterocycles. The average molecular weight is 363 g/mol. The van der Waals surface area contributed by atoms with Gasteiger partial charge in [0.1, 0.15) is 5.70 Å². The maximum Gasteiger partial charge on any atom is 0.355 e. The topological polar surface area (TPSA) is 63.7 Å². The van der Waals surface area contributed by atoms with Crippen LogP contribution < -0.4 is 0 Å². The first-order valence-electron chi connectivity index (χ1n) is 8.38. The number of imide groups is 1. The molecule has 2 amide bonds. The Kier molecular flexibility index (Phi) is 6.83. The van der Waals surface area contributed by atoms with Crippen LogP contribution in [-0.4, -0.2) is 29.8 Å². The van der Waals surface area contributed by atoms with E-state index in [4.69, 9.17) is 4.74 Å². The van der Waals surface area contributed by atoms with Gasteiger partial charge in [-0.1, -0.05) is 66.7 Å². The lowest BCUT2D eigenvalue weighted by molar-refractivity contribution is -0.147. The molecular weight excluding hydrogens is 342 g/mol. The normalized spacial score (nSPS) is 10.7. The number of rotatable bonds is 5. The van der Waals surface area contributed by atoms with E-state index in [0.717, 1.165) is 21.6 Å². The summed E-state index contributed by atoms with van der Waals surface area (Å²) < 4.78 is 4.75. The van der Waals surface area contributed by atoms with Crippen LogP contribution in [0.4, 0.5) is 0 Å². The van der Waals surface area contributed by atoms with E-state index in [2.05, 4.69) is 0 Å². The van der Waals surface area contributed by atoms with E-state index in [1.807, 2.05) is 60.7 Å². The van der Waals surface area contributed by atoms with Crippen LogP contribution in [-0.2, 0) is 19.1 Å². The van der Waals surface area contributed by atoms with Gasteiger partial charge in [0.25, 0.3) is 0 Å². The van der Waals surface area contributed by atoms with Gasteiger partial charge in [0.05, 0.1) is 7.11 Å². The lowest BCUT2D eigenvalue weighted by Crippen LogP contribution is -2.36. The Balaban J connectivity index is 2.63. The molecule has 0 atom stereocenters. The van der Waals surface area contributed by atoms with Crippen molar-refractivity contribution in [1.82, 2.24) is 4.90 Å². The molecule has 0 aromatic heterocycles. The fourth-order valence-corrected chi connectivity index (χ4v) is 2.66. The van der Waals surface area contributed by atoms with E-state index >= 15 is 0 Å². The van der Waals surface area contributed by atoms with Crippen LogP contribution in [0.5, 0.6) is 0 Å². The largest absolute Gasteiger partial charge is 0.464 e. The molecule has 0 bridgehead atoms. The van der Waals surface area contributed by atoms with Crippen molar-refractivity contribution in [2.45, 2.75) is 13.8 Å². The molecule has 5 nitrogen and oxygen atoms in total. The van der Waals surface area contributed by atoms with Crippen LogP contribution in [0.15, 0.2) is 78.5 Å². The van der Waals surface area contributed by atoms with Gasteiger partial charge in [-0.3, -0.25) is 9.59 Å². The fraction of sp³-hybridized carbons (Fsp3) is 0.136. The fourth-order valence-electron chi connectivity index (χ4n) is 2.66. The molecule has 0 aliphatic rings. The third-order valence-corrected chi connectivity index (χ3v) is 3.84. The molecular formula is C22H21NO4. The maximum atomic E-state index is 12.2. The van der Waals surface area contributed by atoms with Gasteiger partial charge in [-0.25, -0.2) is 9.69 Å². The molecule has 0 aliphatic heterocycles. The third-order valence-electron chi connectivity index (χ3n) is 3.84. The van der Waals surface area contributed by atoms with Crippen LogP contribution in [0.3, 0.4) is 0 Å². The summed E-state index contributed by atoms with van der Waals surface area (Å²) in [5.41, 5.74) is 2.56. The zero-order chi connectivity index (χ0) is 19.8. The first-order chi connectivity index (χ1) is 13.0. The molecule has 0 heterocycles. The predicted molar refractivity (Wildman–Crippen MR) is 103 cm³/mol. The second-order valence-electron chi connectivity index (χ2n) is 5.73. The highest BCUT2D eigenvalue weighted by atomic mass is 16.5. The van der Waals surface area contributed by atoms with Crippen molar-refractivity contribution in [2.24, 2.45) is 0 Å². The molecule has 5 heteroatoms. The summed E-state index contributed by atoms with van der Waals surface area (Å²) in [4.78, 5) is 36.7. The summed E-state index contributed by atoms with van der Waals surface area (Å²) in [5, 5.41) is 0. The zero-order valence-corrected chi connectivity index (χ0v) is 15.5. The number of benzene rings is 2. The van der Waals surface area contributed by atoms with Crippen LogP contribution in [0.2, 0.25) is 0 Å². The highest BCUT2D eigenvalue weighted by Crippen LogP contribution is 2.24. The van der Waals surface area contributed by atoms with E-state index in [-0.39, 0.29) is 5.70 Å². The van der Waals surface area contributed by atoms with Gasteiger partial charge in [-0.2, -0.15) is 0 Å². The molecule has 27 heavy (non-hydrogen) atoms. The lowest BCUT2D eigenvalue weighted by Gasteiger charge is -2.18. The Morgan fingerprint density at radius 3 is 1.59 bits per heavy atom. The highest BCUT2D eigenvalue weighted by Gasteiger charge is 2.25. The molecule has 0 spiro atoms. The summed E-state index contributed by atoms with van der Waals surface area (Å²) in [6.07, 6.45) is 3.14. The minimum Gasteiger partial charge on any atom is -0.464 e. The number of carbonyl (C=O) groups excluding carboxylic acids is 3. The first kappa shape index (κ1) is 19.8. The van der Waals surface area contributed by atoms with Gasteiger partial charge in [-0.05, 0) is 22.8 Å². The monoisotopic (exact) mass is 363 g/mol. The van der Waals surface area contributed by atoms with Crippen LogP contribution in [0.1, 0.15) is 25.0 Å². The Hall–Kier alpha value is -3.47. The molecule has 0 aliphatic carbocycles. The predicted octanol–water partition coefficient (Wildman–Crippen LogP) is 3.57. The van der Waals surface area contributed by atoms with Crippen LogP contribution >= 0.6 is 0 Å². The molecule has 2 aromatic rings. The van der Waals surface area contributed by atoms with Crippen LogP contribution in [0, 0.1) is 0 Å². The Labute approximate surface area is 158 Å². The van der Waals surface area contributed by atoms with Gasteiger partial charge < -0.3 is 4.74 Å². The quantitative estimate of drug-likeness (QED) is 0.463. The summed E-state index contributed by atoms with van der Waals surface area (Å²) >= 11 is 0. The van der Waals surface area contributed by atoms with E-state index in [9.17, 15) is 14.4 Å². The number of ether oxygens (including phenoxy) is 1. The smallest absolute Gasteiger partial charge is 0.355 e. The molecule has 138 valence electrons. The van der Waals surface area contributed by atoms with E-state index < -0.39 is 17.8 Å². The van der Waals surface area contributed by atoms with Crippen molar-refractivity contribution in [3.63, 3.8) is 0 Å². The zero-order valence-electron chi connectivity index (χ0n) is 15.5. The lowest BCUT2D eigenvalue weighted by atomic mass is 9.97. The Morgan fingerprint density at radius 1 is 0.778 bits per heavy atom. The van der Waals surface area contributed by atoms with E-state index in [0.29, 0.717) is 0 Å². The van der Waals surface area contributed by atoms with Gasteiger partial charge in [0.15, 0.2) is 0 Å². The number of hydrogen-bond acceptors (Lipinski definition) is 4. The highest BCUT2D eigenvalue weighted by molar-refractivity contribution is 6.04. The van der Waals surface area contributed by atoms with E-state index in [1.54, 1.807) is 6.08 Å². The SMILES string of the molecule is COC(=O)/C(=C/C=C(c1ccccc1)c1ccccc1)N(C(C)=O)C(C)=O. The molecule has 0 unspecified atom stereocenters. The second kappa shape index (κ2) is 9.29. The summed E-state index contributed by atoms with van der Waals surface area (Å²) in [6, 6.07) is 19.2.